The molecule has 2 saturated heterocycles. The molecule has 0 aliphatic carbocycles. The third-order valence-electron chi connectivity index (χ3n) is 6.07. The Labute approximate surface area is 195 Å². The lowest BCUT2D eigenvalue weighted by Crippen LogP contribution is -2.35. The maximum Gasteiger partial charge on any atom is 0.255 e. The molecule has 2 heterocycles. The van der Waals surface area contributed by atoms with Crippen molar-refractivity contribution in [3.05, 3.63) is 53.6 Å². The summed E-state index contributed by atoms with van der Waals surface area (Å²) in [5.41, 5.74) is 1.88. The maximum absolute atomic E-state index is 13.1. The Hall–Kier alpha value is -2.46. The monoisotopic (exact) mass is 473 g/mol. The summed E-state index contributed by atoms with van der Waals surface area (Å²) < 4.78 is 38.5. The first-order valence-electron chi connectivity index (χ1n) is 11.4. The molecule has 9 heteroatoms. The van der Waals surface area contributed by atoms with E-state index in [2.05, 4.69) is 10.2 Å². The number of piperidine rings is 1. The van der Waals surface area contributed by atoms with Crippen LogP contribution in [0.5, 0.6) is 5.75 Å². The summed E-state index contributed by atoms with van der Waals surface area (Å²) >= 11 is 0. The standard InChI is InChI=1S/C24H31N3O5S/c1-31-23-9-8-21(33(29,30)27-10-3-2-4-11-27)17-22(23)25-24(28)20-7-5-6-19(16-20)18-26-12-14-32-15-13-26/h5-9,16-17H,2-4,10-15,18H2,1H3,(H,25,28). The zero-order valence-electron chi connectivity index (χ0n) is 19.0. The second-order valence-electron chi connectivity index (χ2n) is 8.37. The fourth-order valence-electron chi connectivity index (χ4n) is 4.22. The number of nitrogens with one attached hydrogen (secondary N) is 1. The number of methoxy groups -OCH3 is 1. The smallest absolute Gasteiger partial charge is 0.255 e. The number of nitrogens with zero attached hydrogens (tertiary/aromatic N) is 2. The summed E-state index contributed by atoms with van der Waals surface area (Å²) in [7, 11) is -2.13. The molecule has 0 saturated carbocycles. The molecule has 2 aromatic rings. The van der Waals surface area contributed by atoms with E-state index in [1.165, 1.54) is 23.5 Å². The molecule has 1 N–H and O–H groups in total. The minimum Gasteiger partial charge on any atom is -0.495 e. The fourth-order valence-corrected chi connectivity index (χ4v) is 5.77. The van der Waals surface area contributed by atoms with Crippen molar-refractivity contribution in [2.45, 2.75) is 30.7 Å². The summed E-state index contributed by atoms with van der Waals surface area (Å²) in [4.78, 5) is 15.5. The van der Waals surface area contributed by atoms with Crippen molar-refractivity contribution in [2.24, 2.45) is 0 Å². The molecule has 178 valence electrons. The van der Waals surface area contributed by atoms with E-state index < -0.39 is 10.0 Å². The van der Waals surface area contributed by atoms with Crippen molar-refractivity contribution in [3.63, 3.8) is 0 Å². The van der Waals surface area contributed by atoms with E-state index in [0.29, 0.717) is 30.1 Å². The van der Waals surface area contributed by atoms with E-state index >= 15 is 0 Å². The van der Waals surface area contributed by atoms with Crippen LogP contribution in [0.15, 0.2) is 47.4 Å². The van der Waals surface area contributed by atoms with Gasteiger partial charge in [0.1, 0.15) is 5.75 Å². The van der Waals surface area contributed by atoms with Crippen LogP contribution in [-0.2, 0) is 21.3 Å². The number of ether oxygens (including phenoxy) is 2. The predicted octanol–water partition coefficient (Wildman–Crippen LogP) is 2.95. The number of carbonyl (C=O) groups is 1. The molecule has 4 rings (SSSR count). The van der Waals surface area contributed by atoms with Crippen LogP contribution < -0.4 is 10.1 Å². The minimum atomic E-state index is -3.62. The second kappa shape index (κ2) is 10.6. The van der Waals surface area contributed by atoms with Gasteiger partial charge in [0.25, 0.3) is 5.91 Å². The van der Waals surface area contributed by atoms with Crippen LogP contribution in [0.2, 0.25) is 0 Å². The Balaban J connectivity index is 1.52. The van der Waals surface area contributed by atoms with Crippen molar-refractivity contribution in [2.75, 3.05) is 51.8 Å². The molecule has 2 aliphatic heterocycles. The Kier molecular flexibility index (Phi) is 7.64. The first-order valence-corrected chi connectivity index (χ1v) is 12.8. The van der Waals surface area contributed by atoms with Gasteiger partial charge in [0.05, 0.1) is 30.9 Å². The Morgan fingerprint density at radius 3 is 2.52 bits per heavy atom. The highest BCUT2D eigenvalue weighted by Crippen LogP contribution is 2.30. The molecule has 0 atom stereocenters. The molecule has 8 nitrogen and oxygen atoms in total. The highest BCUT2D eigenvalue weighted by atomic mass is 32.2. The van der Waals surface area contributed by atoms with Gasteiger partial charge in [-0.1, -0.05) is 18.6 Å². The molecular formula is C24H31N3O5S. The molecular weight excluding hydrogens is 442 g/mol. The van der Waals surface area contributed by atoms with E-state index in [0.717, 1.165) is 57.7 Å². The lowest BCUT2D eigenvalue weighted by Gasteiger charge is -2.26. The summed E-state index contributed by atoms with van der Waals surface area (Å²) in [6, 6.07) is 12.1. The number of hydrogen-bond acceptors (Lipinski definition) is 6. The van der Waals surface area contributed by atoms with E-state index in [1.807, 2.05) is 18.2 Å². The van der Waals surface area contributed by atoms with Crippen molar-refractivity contribution >= 4 is 21.6 Å². The molecule has 1 amide bonds. The van der Waals surface area contributed by atoms with Gasteiger partial charge >= 0.3 is 0 Å². The van der Waals surface area contributed by atoms with Crippen LogP contribution >= 0.6 is 0 Å². The second-order valence-corrected chi connectivity index (χ2v) is 10.3. The Morgan fingerprint density at radius 2 is 1.79 bits per heavy atom. The highest BCUT2D eigenvalue weighted by Gasteiger charge is 2.27. The zero-order chi connectivity index (χ0) is 23.3. The number of rotatable bonds is 7. The summed E-state index contributed by atoms with van der Waals surface area (Å²) in [6.45, 7) is 4.96. The van der Waals surface area contributed by atoms with E-state index in [1.54, 1.807) is 12.1 Å². The summed E-state index contributed by atoms with van der Waals surface area (Å²) in [6.07, 6.45) is 2.76. The van der Waals surface area contributed by atoms with Crippen LogP contribution in [-0.4, -0.2) is 70.0 Å². The molecule has 2 fully saturated rings. The van der Waals surface area contributed by atoms with Gasteiger partial charge in [-0.15, -0.1) is 0 Å². The number of hydrogen-bond donors (Lipinski definition) is 1. The van der Waals surface area contributed by atoms with Gasteiger partial charge in [-0.05, 0) is 48.7 Å². The van der Waals surface area contributed by atoms with E-state index in [4.69, 9.17) is 9.47 Å². The third kappa shape index (κ3) is 5.73. The average molecular weight is 474 g/mol. The number of amides is 1. The molecule has 0 aromatic heterocycles. The van der Waals surface area contributed by atoms with Crippen molar-refractivity contribution < 1.29 is 22.7 Å². The van der Waals surface area contributed by atoms with Gasteiger partial charge in [-0.25, -0.2) is 8.42 Å². The molecule has 0 spiro atoms. The minimum absolute atomic E-state index is 0.154. The summed E-state index contributed by atoms with van der Waals surface area (Å²) in [5, 5.41) is 2.84. The maximum atomic E-state index is 13.1. The predicted molar refractivity (Wildman–Crippen MR) is 126 cm³/mol. The molecule has 33 heavy (non-hydrogen) atoms. The SMILES string of the molecule is COc1ccc(S(=O)(=O)N2CCCCC2)cc1NC(=O)c1cccc(CN2CCOCC2)c1. The van der Waals surface area contributed by atoms with Gasteiger partial charge in [-0.3, -0.25) is 9.69 Å². The van der Waals surface area contributed by atoms with Gasteiger partial charge in [0.15, 0.2) is 0 Å². The van der Waals surface area contributed by atoms with E-state index in [-0.39, 0.29) is 10.8 Å². The molecule has 0 radical (unpaired) electrons. The Morgan fingerprint density at radius 1 is 1.03 bits per heavy atom. The van der Waals surface area contributed by atoms with Crippen LogP contribution in [0.1, 0.15) is 35.2 Å². The molecule has 0 bridgehead atoms. The van der Waals surface area contributed by atoms with Crippen LogP contribution in [0.3, 0.4) is 0 Å². The molecule has 2 aromatic carbocycles. The lowest BCUT2D eigenvalue weighted by atomic mass is 10.1. The van der Waals surface area contributed by atoms with Crippen LogP contribution in [0.25, 0.3) is 0 Å². The highest BCUT2D eigenvalue weighted by molar-refractivity contribution is 7.89. The van der Waals surface area contributed by atoms with Crippen LogP contribution in [0.4, 0.5) is 5.69 Å². The van der Waals surface area contributed by atoms with Gasteiger partial charge in [0, 0.05) is 38.3 Å². The fraction of sp³-hybridized carbons (Fsp3) is 0.458. The quantitative estimate of drug-likeness (QED) is 0.665. The Bertz CT molecular complexity index is 1080. The van der Waals surface area contributed by atoms with Crippen molar-refractivity contribution in [1.29, 1.82) is 0 Å². The molecule has 0 unspecified atom stereocenters. The normalized spacial score (nSPS) is 18.1. The van der Waals surface area contributed by atoms with Gasteiger partial charge in [-0.2, -0.15) is 4.31 Å². The number of anilines is 1. The third-order valence-corrected chi connectivity index (χ3v) is 7.97. The zero-order valence-corrected chi connectivity index (χ0v) is 19.8. The molecule has 2 aliphatic rings. The first-order chi connectivity index (χ1) is 16.0. The van der Waals surface area contributed by atoms with Gasteiger partial charge in [0.2, 0.25) is 10.0 Å². The largest absolute Gasteiger partial charge is 0.495 e. The van der Waals surface area contributed by atoms with Crippen LogP contribution in [0, 0.1) is 0 Å². The number of morpholine rings is 1. The number of sulfonamides is 1. The average Bonchev–Trinajstić information content (AvgIpc) is 2.85. The van der Waals surface area contributed by atoms with Crippen molar-refractivity contribution in [1.82, 2.24) is 9.21 Å². The van der Waals surface area contributed by atoms with Gasteiger partial charge < -0.3 is 14.8 Å². The van der Waals surface area contributed by atoms with E-state index in [9.17, 15) is 13.2 Å². The number of benzene rings is 2. The summed E-state index contributed by atoms with van der Waals surface area (Å²) in [5.74, 6) is 0.0927. The number of carbonyl (C=O) groups excluding carboxylic acids is 1. The first kappa shape index (κ1) is 23.7. The topological polar surface area (TPSA) is 88.2 Å². The van der Waals surface area contributed by atoms with Crippen molar-refractivity contribution in [3.8, 4) is 5.75 Å². The lowest BCUT2D eigenvalue weighted by molar-refractivity contribution is 0.0342.